The van der Waals surface area contributed by atoms with Crippen molar-refractivity contribution in [1.29, 1.82) is 0 Å². The Morgan fingerprint density at radius 2 is 1.73 bits per heavy atom. The molecule has 26 heavy (non-hydrogen) atoms. The van der Waals surface area contributed by atoms with E-state index in [1.807, 2.05) is 72.8 Å². The lowest BCUT2D eigenvalue weighted by Crippen LogP contribution is -2.32. The van der Waals surface area contributed by atoms with Crippen LogP contribution in [-0.4, -0.2) is 12.0 Å². The summed E-state index contributed by atoms with van der Waals surface area (Å²) in [6, 6.07) is 22.7. The molecule has 0 saturated heterocycles. The van der Waals surface area contributed by atoms with E-state index in [1.165, 1.54) is 0 Å². The monoisotopic (exact) mass is 387 g/mol. The summed E-state index contributed by atoms with van der Waals surface area (Å²) in [6.07, 6.45) is 0. The number of esters is 1. The van der Waals surface area contributed by atoms with E-state index in [-0.39, 0.29) is 12.6 Å². The molecule has 2 atom stereocenters. The Kier molecular flexibility index (Phi) is 6.45. The van der Waals surface area contributed by atoms with Gasteiger partial charge in [-0.05, 0) is 35.2 Å². The van der Waals surface area contributed by atoms with Crippen molar-refractivity contribution in [2.24, 2.45) is 0 Å². The molecule has 0 saturated carbocycles. The number of carbonyl (C=O) groups excluding carboxylic acids is 1. The van der Waals surface area contributed by atoms with E-state index >= 15 is 0 Å². The Morgan fingerprint density at radius 3 is 2.54 bits per heavy atom. The van der Waals surface area contributed by atoms with Crippen LogP contribution in [-0.2, 0) is 16.1 Å². The molecule has 3 aromatic carbocycles. The first kappa shape index (κ1) is 18.7. The summed E-state index contributed by atoms with van der Waals surface area (Å²) in [4.78, 5) is 12.1. The lowest BCUT2D eigenvalue weighted by Gasteiger charge is -2.18. The molecule has 0 aliphatic rings. The van der Waals surface area contributed by atoms with Crippen molar-refractivity contribution < 1.29 is 14.1 Å². The fraction of sp³-hybridized carbons (Fsp3) is 0.150. The number of hydrogen-bond acceptors (Lipinski definition) is 4. The molecule has 3 aromatic rings. The molecule has 0 aliphatic carbocycles. The third-order valence-electron chi connectivity index (χ3n) is 3.80. The van der Waals surface area contributed by atoms with Crippen molar-refractivity contribution >= 4 is 35.6 Å². The summed E-state index contributed by atoms with van der Waals surface area (Å²) in [6.45, 7) is 1.94. The van der Waals surface area contributed by atoms with E-state index < -0.39 is 13.7 Å². The quantitative estimate of drug-likeness (QED) is 0.435. The Bertz CT molecular complexity index is 870. The Labute approximate surface area is 158 Å². The minimum absolute atomic E-state index is 0.232. The van der Waals surface area contributed by atoms with Crippen LogP contribution in [0.1, 0.15) is 12.5 Å². The van der Waals surface area contributed by atoms with Crippen LogP contribution in [0.25, 0.3) is 10.8 Å². The van der Waals surface area contributed by atoms with Gasteiger partial charge in [-0.1, -0.05) is 66.7 Å². The van der Waals surface area contributed by atoms with Crippen molar-refractivity contribution in [2.45, 2.75) is 19.6 Å². The zero-order valence-corrected chi connectivity index (χ0v) is 15.9. The Balaban J connectivity index is 1.55. The Morgan fingerprint density at radius 1 is 1.04 bits per heavy atom. The summed E-state index contributed by atoms with van der Waals surface area (Å²) in [5.74, 6) is 0.310. The summed E-state index contributed by atoms with van der Waals surface area (Å²) in [7, 11) is -1.55. The number of hydrogen-bond donors (Lipinski definition) is 1. The minimum atomic E-state index is -1.55. The van der Waals surface area contributed by atoms with Gasteiger partial charge in [0, 0.05) is 5.39 Å². The molecular formula is C20H19ClNO3P. The molecule has 0 spiro atoms. The number of halogens is 1. The standard InChI is InChI=1S/C20H19ClNO3P/c1-15(20(23)24-14-16-8-3-2-4-9-16)22-26(21)25-19-13-7-11-17-10-5-6-12-18(17)19/h2-13,15,22H,14H2,1H3. The molecule has 6 heteroatoms. The van der Waals surface area contributed by atoms with Gasteiger partial charge in [0.2, 0.25) is 0 Å². The van der Waals surface area contributed by atoms with Gasteiger partial charge in [-0.25, -0.2) is 5.09 Å². The maximum Gasteiger partial charge on any atom is 0.323 e. The highest BCUT2D eigenvalue weighted by molar-refractivity contribution is 7.78. The van der Waals surface area contributed by atoms with Gasteiger partial charge in [0.05, 0.1) is 0 Å². The Hall–Kier alpha value is -2.13. The molecule has 4 nitrogen and oxygen atoms in total. The van der Waals surface area contributed by atoms with Crippen molar-refractivity contribution in [2.75, 3.05) is 0 Å². The molecule has 0 heterocycles. The fourth-order valence-corrected chi connectivity index (χ4v) is 3.90. The van der Waals surface area contributed by atoms with Crippen molar-refractivity contribution in [1.82, 2.24) is 5.09 Å². The first-order valence-electron chi connectivity index (χ1n) is 8.22. The van der Waals surface area contributed by atoms with Gasteiger partial charge in [0.1, 0.15) is 18.4 Å². The highest BCUT2D eigenvalue weighted by atomic mass is 35.7. The molecule has 0 aliphatic heterocycles. The molecule has 0 amide bonds. The van der Waals surface area contributed by atoms with Gasteiger partial charge >= 0.3 is 5.97 Å². The molecule has 134 valence electrons. The molecule has 0 radical (unpaired) electrons. The van der Waals surface area contributed by atoms with E-state index in [4.69, 9.17) is 20.5 Å². The lowest BCUT2D eigenvalue weighted by molar-refractivity contribution is -0.146. The summed E-state index contributed by atoms with van der Waals surface area (Å²) in [5.41, 5.74) is 0.938. The van der Waals surface area contributed by atoms with E-state index in [0.29, 0.717) is 5.75 Å². The van der Waals surface area contributed by atoms with Crippen LogP contribution in [0.3, 0.4) is 0 Å². The van der Waals surface area contributed by atoms with E-state index in [9.17, 15) is 4.79 Å². The second-order valence-electron chi connectivity index (χ2n) is 5.76. The largest absolute Gasteiger partial charge is 0.460 e. The minimum Gasteiger partial charge on any atom is -0.460 e. The van der Waals surface area contributed by atoms with Gasteiger partial charge in [0.15, 0.2) is 0 Å². The van der Waals surface area contributed by atoms with Gasteiger partial charge in [-0.2, -0.15) is 0 Å². The molecule has 2 unspecified atom stereocenters. The number of nitrogens with one attached hydrogen (secondary N) is 1. The van der Waals surface area contributed by atoms with Crippen LogP contribution >= 0.6 is 18.9 Å². The predicted molar refractivity (Wildman–Crippen MR) is 106 cm³/mol. The third kappa shape index (κ3) is 4.95. The third-order valence-corrected chi connectivity index (χ3v) is 5.25. The second kappa shape index (κ2) is 9.00. The SMILES string of the molecule is CC(NP(Cl)Oc1cccc2ccccc12)C(=O)OCc1ccccc1. The van der Waals surface area contributed by atoms with E-state index in [2.05, 4.69) is 5.09 Å². The zero-order chi connectivity index (χ0) is 18.4. The van der Waals surface area contributed by atoms with Gasteiger partial charge in [-0.3, -0.25) is 4.79 Å². The first-order valence-corrected chi connectivity index (χ1v) is 10.4. The summed E-state index contributed by atoms with van der Waals surface area (Å²) in [5, 5.41) is 5.01. The smallest absolute Gasteiger partial charge is 0.323 e. The van der Waals surface area contributed by atoms with Crippen LogP contribution in [0.5, 0.6) is 5.75 Å². The van der Waals surface area contributed by atoms with Gasteiger partial charge in [0.25, 0.3) is 7.65 Å². The zero-order valence-electron chi connectivity index (χ0n) is 14.3. The second-order valence-corrected chi connectivity index (χ2v) is 7.61. The van der Waals surface area contributed by atoms with Crippen LogP contribution in [0.2, 0.25) is 0 Å². The molecule has 0 aromatic heterocycles. The van der Waals surface area contributed by atoms with E-state index in [1.54, 1.807) is 6.92 Å². The van der Waals surface area contributed by atoms with Gasteiger partial charge in [-0.15, -0.1) is 0 Å². The molecule has 1 N–H and O–H groups in total. The topological polar surface area (TPSA) is 47.6 Å². The van der Waals surface area contributed by atoms with Crippen LogP contribution in [0.4, 0.5) is 0 Å². The average molecular weight is 388 g/mol. The lowest BCUT2D eigenvalue weighted by atomic mass is 10.1. The average Bonchev–Trinajstić information content (AvgIpc) is 2.67. The molecule has 3 rings (SSSR count). The van der Waals surface area contributed by atoms with Gasteiger partial charge < -0.3 is 9.26 Å². The van der Waals surface area contributed by atoms with E-state index in [0.717, 1.165) is 16.3 Å². The fourth-order valence-electron chi connectivity index (χ4n) is 2.45. The number of rotatable bonds is 7. The van der Waals surface area contributed by atoms with Crippen LogP contribution < -0.4 is 9.61 Å². The molecule has 0 fully saturated rings. The number of benzene rings is 3. The van der Waals surface area contributed by atoms with Crippen molar-refractivity contribution in [3.05, 3.63) is 78.4 Å². The number of fused-ring (bicyclic) bond motifs is 1. The first-order chi connectivity index (χ1) is 12.6. The molecular weight excluding hydrogens is 369 g/mol. The normalized spacial score (nSPS) is 13.2. The maximum atomic E-state index is 12.1. The van der Waals surface area contributed by atoms with Crippen molar-refractivity contribution in [3.63, 3.8) is 0 Å². The van der Waals surface area contributed by atoms with Crippen LogP contribution in [0.15, 0.2) is 72.8 Å². The number of ether oxygens (including phenoxy) is 1. The van der Waals surface area contributed by atoms with Crippen molar-refractivity contribution in [3.8, 4) is 5.75 Å². The summed E-state index contributed by atoms with van der Waals surface area (Å²) < 4.78 is 11.1. The van der Waals surface area contributed by atoms with Crippen LogP contribution in [0, 0.1) is 0 Å². The predicted octanol–water partition coefficient (Wildman–Crippen LogP) is 5.41. The maximum absolute atomic E-state index is 12.1. The number of carbonyl (C=O) groups is 1. The summed E-state index contributed by atoms with van der Waals surface area (Å²) >= 11 is 6.30. The molecule has 0 bridgehead atoms. The highest BCUT2D eigenvalue weighted by Crippen LogP contribution is 2.42. The highest BCUT2D eigenvalue weighted by Gasteiger charge is 2.20.